The maximum Gasteiger partial charge on any atom is 0.244 e. The first-order chi connectivity index (χ1) is 9.47. The molecular weight excluding hydrogens is 274 g/mol. The van der Waals surface area contributed by atoms with E-state index in [0.29, 0.717) is 17.9 Å². The van der Waals surface area contributed by atoms with Crippen molar-refractivity contribution in [2.45, 2.75) is 32.1 Å². The van der Waals surface area contributed by atoms with Gasteiger partial charge < -0.3 is 0 Å². The first-order valence-corrected chi connectivity index (χ1v) is 8.07. The highest BCUT2D eigenvalue weighted by Gasteiger charge is 2.24. The van der Waals surface area contributed by atoms with Gasteiger partial charge in [-0.15, -0.1) is 0 Å². The van der Waals surface area contributed by atoms with Crippen molar-refractivity contribution in [2.75, 3.05) is 6.54 Å². The number of benzene rings is 1. The van der Waals surface area contributed by atoms with Gasteiger partial charge >= 0.3 is 0 Å². The first-order valence-electron chi connectivity index (χ1n) is 6.58. The molecule has 2 aromatic rings. The van der Waals surface area contributed by atoms with Crippen LogP contribution in [0.25, 0.3) is 5.69 Å². The zero-order valence-corrected chi connectivity index (χ0v) is 12.7. The van der Waals surface area contributed by atoms with Crippen LogP contribution < -0.4 is 4.72 Å². The van der Waals surface area contributed by atoms with Crippen LogP contribution in [0.5, 0.6) is 0 Å². The summed E-state index contributed by atoms with van der Waals surface area (Å²) in [6, 6.07) is 9.50. The van der Waals surface area contributed by atoms with Crippen LogP contribution in [0, 0.1) is 13.8 Å². The van der Waals surface area contributed by atoms with E-state index in [4.69, 9.17) is 0 Å². The highest BCUT2D eigenvalue weighted by Crippen LogP contribution is 2.22. The van der Waals surface area contributed by atoms with E-state index in [-0.39, 0.29) is 4.90 Å². The maximum absolute atomic E-state index is 12.3. The molecule has 0 saturated carbocycles. The second kappa shape index (κ2) is 5.76. The molecule has 0 unspecified atom stereocenters. The number of nitrogens with one attached hydrogen (secondary N) is 1. The highest BCUT2D eigenvalue weighted by atomic mass is 32.2. The fourth-order valence-corrected chi connectivity index (χ4v) is 3.67. The van der Waals surface area contributed by atoms with Gasteiger partial charge in [-0.1, -0.05) is 25.1 Å². The molecule has 1 aromatic carbocycles. The van der Waals surface area contributed by atoms with Gasteiger partial charge in [-0.2, -0.15) is 5.10 Å². The molecule has 0 atom stereocenters. The minimum absolute atomic E-state index is 0.273. The zero-order valence-electron chi connectivity index (χ0n) is 11.9. The summed E-state index contributed by atoms with van der Waals surface area (Å²) in [6.45, 7) is 5.84. The van der Waals surface area contributed by atoms with Crippen LogP contribution in [0.15, 0.2) is 35.2 Å². The second-order valence-electron chi connectivity index (χ2n) is 4.65. The Hall–Kier alpha value is -1.66. The van der Waals surface area contributed by atoms with Crippen molar-refractivity contribution in [2.24, 2.45) is 0 Å². The molecule has 20 heavy (non-hydrogen) atoms. The molecule has 0 fully saturated rings. The fourth-order valence-electron chi connectivity index (χ4n) is 2.15. The summed E-state index contributed by atoms with van der Waals surface area (Å²) in [5.41, 5.74) is 1.98. The zero-order chi connectivity index (χ0) is 14.8. The minimum Gasteiger partial charge on any atom is -0.236 e. The monoisotopic (exact) mass is 293 g/mol. The van der Waals surface area contributed by atoms with Gasteiger partial charge in [0.1, 0.15) is 4.90 Å². The fraction of sp³-hybridized carbons (Fsp3) is 0.357. The van der Waals surface area contributed by atoms with Crippen molar-refractivity contribution in [3.63, 3.8) is 0 Å². The molecule has 0 saturated heterocycles. The van der Waals surface area contributed by atoms with Crippen LogP contribution in [0.1, 0.15) is 24.7 Å². The van der Waals surface area contributed by atoms with Gasteiger partial charge in [0.2, 0.25) is 10.0 Å². The Labute approximate surface area is 119 Å². The van der Waals surface area contributed by atoms with Gasteiger partial charge in [0.25, 0.3) is 0 Å². The topological polar surface area (TPSA) is 64.0 Å². The van der Waals surface area contributed by atoms with E-state index in [9.17, 15) is 8.42 Å². The quantitative estimate of drug-likeness (QED) is 0.919. The van der Waals surface area contributed by atoms with Crippen LogP contribution in [0.2, 0.25) is 0 Å². The normalized spacial score (nSPS) is 11.8. The molecule has 6 heteroatoms. The number of rotatable bonds is 5. The number of nitrogens with zero attached hydrogens (tertiary/aromatic N) is 2. The predicted octanol–water partition coefficient (Wildman–Crippen LogP) is 2.18. The number of sulfonamides is 1. The Balaban J connectivity index is 2.50. The molecule has 0 aliphatic rings. The highest BCUT2D eigenvalue weighted by molar-refractivity contribution is 7.89. The van der Waals surface area contributed by atoms with Crippen molar-refractivity contribution in [3.05, 3.63) is 41.7 Å². The first kappa shape index (κ1) is 14.7. The molecular formula is C14H19N3O2S. The Bertz CT molecular complexity index is 691. The lowest BCUT2D eigenvalue weighted by Gasteiger charge is -2.07. The molecule has 0 spiro atoms. The summed E-state index contributed by atoms with van der Waals surface area (Å²) >= 11 is 0. The van der Waals surface area contributed by atoms with Crippen LogP contribution in [0.3, 0.4) is 0 Å². The molecule has 1 heterocycles. The summed E-state index contributed by atoms with van der Waals surface area (Å²) in [5, 5.41) is 4.35. The van der Waals surface area contributed by atoms with Crippen molar-refractivity contribution in [3.8, 4) is 5.69 Å². The number of para-hydroxylation sites is 1. The smallest absolute Gasteiger partial charge is 0.236 e. The molecule has 1 aromatic heterocycles. The van der Waals surface area contributed by atoms with Crippen LogP contribution in [0.4, 0.5) is 0 Å². The summed E-state index contributed by atoms with van der Waals surface area (Å²) in [7, 11) is -3.50. The van der Waals surface area contributed by atoms with Crippen molar-refractivity contribution in [1.82, 2.24) is 14.5 Å². The van der Waals surface area contributed by atoms with Crippen molar-refractivity contribution >= 4 is 10.0 Å². The SMILES string of the molecule is CCCNS(=O)(=O)c1c(C)nn(-c2ccccc2)c1C. The molecule has 0 aliphatic heterocycles. The Morgan fingerprint density at radius 3 is 2.45 bits per heavy atom. The molecule has 2 rings (SSSR count). The van der Waals surface area contributed by atoms with Gasteiger partial charge in [-0.05, 0) is 32.4 Å². The summed E-state index contributed by atoms with van der Waals surface area (Å²) in [5.74, 6) is 0. The van der Waals surface area contributed by atoms with E-state index in [0.717, 1.165) is 12.1 Å². The van der Waals surface area contributed by atoms with Gasteiger partial charge in [0, 0.05) is 6.54 Å². The maximum atomic E-state index is 12.3. The van der Waals surface area contributed by atoms with Gasteiger partial charge in [-0.3, -0.25) is 0 Å². The Kier molecular flexibility index (Phi) is 4.25. The second-order valence-corrected chi connectivity index (χ2v) is 6.35. The van der Waals surface area contributed by atoms with Crippen molar-refractivity contribution in [1.29, 1.82) is 0 Å². The van der Waals surface area contributed by atoms with E-state index >= 15 is 0 Å². The molecule has 0 aliphatic carbocycles. The van der Waals surface area contributed by atoms with Crippen LogP contribution >= 0.6 is 0 Å². The van der Waals surface area contributed by atoms with E-state index in [1.54, 1.807) is 18.5 Å². The Morgan fingerprint density at radius 2 is 1.85 bits per heavy atom. The minimum atomic E-state index is -3.50. The lowest BCUT2D eigenvalue weighted by atomic mass is 10.3. The van der Waals surface area contributed by atoms with E-state index in [2.05, 4.69) is 9.82 Å². The summed E-state index contributed by atoms with van der Waals surface area (Å²) < 4.78 is 28.9. The third-order valence-corrected chi connectivity index (χ3v) is 4.75. The molecule has 0 radical (unpaired) electrons. The average molecular weight is 293 g/mol. The summed E-state index contributed by atoms with van der Waals surface area (Å²) in [6.07, 6.45) is 0.754. The number of hydrogen-bond acceptors (Lipinski definition) is 3. The third kappa shape index (κ3) is 2.76. The lowest BCUT2D eigenvalue weighted by Crippen LogP contribution is -2.25. The van der Waals surface area contributed by atoms with E-state index in [1.807, 2.05) is 37.3 Å². The van der Waals surface area contributed by atoms with Gasteiger partial charge in [-0.25, -0.2) is 17.8 Å². The van der Waals surface area contributed by atoms with Gasteiger partial charge in [0.05, 0.1) is 17.1 Å². The Morgan fingerprint density at radius 1 is 1.20 bits per heavy atom. The molecule has 0 bridgehead atoms. The number of aryl methyl sites for hydroxylation is 1. The van der Waals surface area contributed by atoms with Crippen LogP contribution in [-0.4, -0.2) is 24.7 Å². The molecule has 108 valence electrons. The molecule has 5 nitrogen and oxygen atoms in total. The average Bonchev–Trinajstić information content (AvgIpc) is 2.73. The van der Waals surface area contributed by atoms with E-state index < -0.39 is 10.0 Å². The summed E-state index contributed by atoms with van der Waals surface area (Å²) in [4.78, 5) is 0.273. The molecule has 1 N–H and O–H groups in total. The third-order valence-electron chi connectivity index (χ3n) is 3.04. The van der Waals surface area contributed by atoms with Gasteiger partial charge in [0.15, 0.2) is 0 Å². The van der Waals surface area contributed by atoms with E-state index in [1.165, 1.54) is 0 Å². The standard InChI is InChI=1S/C14H19N3O2S/c1-4-10-15-20(18,19)14-11(2)16-17(12(14)3)13-8-6-5-7-9-13/h5-9,15H,4,10H2,1-3H3. The predicted molar refractivity (Wildman–Crippen MR) is 78.5 cm³/mol. The number of hydrogen-bond donors (Lipinski definition) is 1. The largest absolute Gasteiger partial charge is 0.244 e. The lowest BCUT2D eigenvalue weighted by molar-refractivity contribution is 0.579. The van der Waals surface area contributed by atoms with Crippen molar-refractivity contribution < 1.29 is 8.42 Å². The van der Waals surface area contributed by atoms with Crippen LogP contribution in [-0.2, 0) is 10.0 Å². The molecule has 0 amide bonds. The number of aromatic nitrogens is 2.